The number of carbonyl (C=O) groups excluding carboxylic acids is 2. The summed E-state index contributed by atoms with van der Waals surface area (Å²) in [6, 6.07) is 12.8. The SMILES string of the molecule is O=C(C[NH+]1CCC(NC(=O)c2cccc(F)c2)CC1)Nc1cccc(Cl)c1. The summed E-state index contributed by atoms with van der Waals surface area (Å²) in [7, 11) is 0. The molecule has 0 bridgehead atoms. The van der Waals surface area contributed by atoms with E-state index in [0.717, 1.165) is 25.9 Å². The van der Waals surface area contributed by atoms with Gasteiger partial charge >= 0.3 is 0 Å². The summed E-state index contributed by atoms with van der Waals surface area (Å²) in [5, 5.41) is 6.38. The lowest BCUT2D eigenvalue weighted by molar-refractivity contribution is -0.897. The molecule has 1 aliphatic heterocycles. The van der Waals surface area contributed by atoms with Gasteiger partial charge in [0.15, 0.2) is 6.54 Å². The zero-order valence-electron chi connectivity index (χ0n) is 14.8. The van der Waals surface area contributed by atoms with Crippen LogP contribution in [0.25, 0.3) is 0 Å². The highest BCUT2D eigenvalue weighted by molar-refractivity contribution is 6.30. The van der Waals surface area contributed by atoms with Gasteiger partial charge in [0.05, 0.1) is 13.1 Å². The molecule has 1 saturated heterocycles. The van der Waals surface area contributed by atoms with Crippen LogP contribution < -0.4 is 15.5 Å². The summed E-state index contributed by atoms with van der Waals surface area (Å²) < 4.78 is 13.2. The summed E-state index contributed by atoms with van der Waals surface area (Å²) in [5.74, 6) is -0.746. The Morgan fingerprint density at radius 2 is 1.85 bits per heavy atom. The fourth-order valence-corrected chi connectivity index (χ4v) is 3.43. The number of hydrogen-bond acceptors (Lipinski definition) is 2. The molecule has 1 aliphatic rings. The van der Waals surface area contributed by atoms with Gasteiger partial charge in [0, 0.05) is 35.2 Å². The Morgan fingerprint density at radius 3 is 2.56 bits per heavy atom. The van der Waals surface area contributed by atoms with Crippen LogP contribution >= 0.6 is 11.6 Å². The Morgan fingerprint density at radius 1 is 1.11 bits per heavy atom. The van der Waals surface area contributed by atoms with Gasteiger partial charge < -0.3 is 15.5 Å². The number of piperidine rings is 1. The molecule has 1 heterocycles. The number of amides is 2. The molecule has 3 N–H and O–H groups in total. The molecule has 2 aromatic carbocycles. The zero-order valence-corrected chi connectivity index (χ0v) is 15.6. The number of anilines is 1. The van der Waals surface area contributed by atoms with Crippen LogP contribution in [0.5, 0.6) is 0 Å². The highest BCUT2D eigenvalue weighted by Gasteiger charge is 2.25. The molecule has 0 aliphatic carbocycles. The number of likely N-dealkylation sites (tertiary alicyclic amines) is 1. The Kier molecular flexibility index (Phi) is 6.42. The fraction of sp³-hybridized carbons (Fsp3) is 0.300. The number of carbonyl (C=O) groups is 2. The molecule has 2 aromatic rings. The molecule has 5 nitrogen and oxygen atoms in total. The normalized spacial score (nSPS) is 19.3. The van der Waals surface area contributed by atoms with E-state index < -0.39 is 5.82 Å². The van der Waals surface area contributed by atoms with Crippen molar-refractivity contribution in [2.75, 3.05) is 25.0 Å². The van der Waals surface area contributed by atoms with Gasteiger partial charge in [0.1, 0.15) is 5.82 Å². The lowest BCUT2D eigenvalue weighted by atomic mass is 10.0. The van der Waals surface area contributed by atoms with Gasteiger partial charge in [-0.05, 0) is 36.4 Å². The summed E-state index contributed by atoms with van der Waals surface area (Å²) in [5.41, 5.74) is 1.01. The predicted octanol–water partition coefficient (Wildman–Crippen LogP) is 1.89. The van der Waals surface area contributed by atoms with Crippen LogP contribution in [0.2, 0.25) is 5.02 Å². The third kappa shape index (κ3) is 5.77. The second-order valence-corrected chi connectivity index (χ2v) is 7.18. The van der Waals surface area contributed by atoms with Crippen LogP contribution in [0.1, 0.15) is 23.2 Å². The Bertz CT molecular complexity index is 822. The van der Waals surface area contributed by atoms with Crippen LogP contribution in [0, 0.1) is 5.82 Å². The third-order valence-corrected chi connectivity index (χ3v) is 4.87. The first-order chi connectivity index (χ1) is 13.0. The molecule has 142 valence electrons. The maximum Gasteiger partial charge on any atom is 0.279 e. The standard InChI is InChI=1S/C20H21ClFN3O2/c21-15-4-2-6-18(12-15)23-19(26)13-25-9-7-17(8-10-25)24-20(27)14-3-1-5-16(22)11-14/h1-6,11-12,17H,7-10,13H2,(H,23,26)(H,24,27)/p+1. The number of hydrogen-bond donors (Lipinski definition) is 3. The van der Waals surface area contributed by atoms with Gasteiger partial charge in [0.2, 0.25) is 0 Å². The zero-order chi connectivity index (χ0) is 19.2. The number of quaternary nitrogens is 1. The second-order valence-electron chi connectivity index (χ2n) is 6.74. The Balaban J connectivity index is 1.43. The van der Waals surface area contributed by atoms with E-state index in [2.05, 4.69) is 10.6 Å². The predicted molar refractivity (Wildman–Crippen MR) is 103 cm³/mol. The summed E-state index contributed by atoms with van der Waals surface area (Å²) in [4.78, 5) is 25.6. The van der Waals surface area contributed by atoms with Gasteiger partial charge in [-0.25, -0.2) is 4.39 Å². The Labute approximate surface area is 162 Å². The number of halogens is 2. The molecule has 0 unspecified atom stereocenters. The third-order valence-electron chi connectivity index (χ3n) is 4.63. The first-order valence-corrected chi connectivity index (χ1v) is 9.33. The van der Waals surface area contributed by atoms with Crippen molar-refractivity contribution in [3.8, 4) is 0 Å². The molecule has 2 amide bonds. The van der Waals surface area contributed by atoms with Crippen molar-refractivity contribution < 1.29 is 18.9 Å². The van der Waals surface area contributed by atoms with E-state index in [-0.39, 0.29) is 17.9 Å². The van der Waals surface area contributed by atoms with E-state index >= 15 is 0 Å². The molecule has 0 atom stereocenters. The highest BCUT2D eigenvalue weighted by Crippen LogP contribution is 2.14. The van der Waals surface area contributed by atoms with Crippen LogP contribution in [0.15, 0.2) is 48.5 Å². The van der Waals surface area contributed by atoms with Gasteiger partial charge in [-0.3, -0.25) is 9.59 Å². The fourth-order valence-electron chi connectivity index (χ4n) is 3.24. The van der Waals surface area contributed by atoms with E-state index in [9.17, 15) is 14.0 Å². The number of rotatable bonds is 5. The summed E-state index contributed by atoms with van der Waals surface area (Å²) in [6.07, 6.45) is 1.56. The van der Waals surface area contributed by atoms with Crippen molar-refractivity contribution in [3.63, 3.8) is 0 Å². The van der Waals surface area contributed by atoms with Crippen LogP contribution in [-0.2, 0) is 4.79 Å². The lowest BCUT2D eigenvalue weighted by Crippen LogP contribution is -3.14. The summed E-state index contributed by atoms with van der Waals surface area (Å²) in [6.45, 7) is 1.95. The van der Waals surface area contributed by atoms with Crippen molar-refractivity contribution in [2.24, 2.45) is 0 Å². The Hall–Kier alpha value is -2.44. The number of benzene rings is 2. The van der Waals surface area contributed by atoms with E-state index in [4.69, 9.17) is 11.6 Å². The molecule has 3 rings (SSSR count). The van der Waals surface area contributed by atoms with Gasteiger partial charge in [-0.1, -0.05) is 23.7 Å². The maximum absolute atomic E-state index is 13.2. The minimum Gasteiger partial charge on any atom is -0.349 e. The molecular formula is C20H22ClFN3O2+. The first kappa shape index (κ1) is 19.3. The molecule has 0 spiro atoms. The second kappa shape index (κ2) is 8.97. The average Bonchev–Trinajstić information content (AvgIpc) is 2.63. The lowest BCUT2D eigenvalue weighted by Gasteiger charge is -2.29. The van der Waals surface area contributed by atoms with Gasteiger partial charge in [-0.2, -0.15) is 0 Å². The molecular weight excluding hydrogens is 369 g/mol. The summed E-state index contributed by atoms with van der Waals surface area (Å²) >= 11 is 5.92. The van der Waals surface area contributed by atoms with Gasteiger partial charge in [0.25, 0.3) is 11.8 Å². The highest BCUT2D eigenvalue weighted by atomic mass is 35.5. The van der Waals surface area contributed by atoms with Crippen LogP contribution in [0.3, 0.4) is 0 Å². The van der Waals surface area contributed by atoms with E-state index in [1.807, 2.05) is 0 Å². The van der Waals surface area contributed by atoms with Crippen molar-refractivity contribution in [3.05, 3.63) is 64.9 Å². The van der Waals surface area contributed by atoms with E-state index in [1.165, 1.54) is 23.1 Å². The maximum atomic E-state index is 13.2. The molecule has 0 radical (unpaired) electrons. The van der Waals surface area contributed by atoms with Crippen molar-refractivity contribution in [2.45, 2.75) is 18.9 Å². The van der Waals surface area contributed by atoms with Gasteiger partial charge in [-0.15, -0.1) is 0 Å². The quantitative estimate of drug-likeness (QED) is 0.730. The minimum absolute atomic E-state index is 0.0421. The smallest absolute Gasteiger partial charge is 0.279 e. The number of nitrogens with one attached hydrogen (secondary N) is 3. The average molecular weight is 391 g/mol. The molecule has 7 heteroatoms. The monoisotopic (exact) mass is 390 g/mol. The van der Waals surface area contributed by atoms with Crippen molar-refractivity contribution in [1.82, 2.24) is 5.32 Å². The van der Waals surface area contributed by atoms with Crippen LogP contribution in [-0.4, -0.2) is 37.5 Å². The molecule has 0 saturated carbocycles. The minimum atomic E-state index is -0.423. The molecule has 27 heavy (non-hydrogen) atoms. The molecule has 1 fully saturated rings. The van der Waals surface area contributed by atoms with E-state index in [0.29, 0.717) is 22.8 Å². The molecule has 0 aromatic heterocycles. The van der Waals surface area contributed by atoms with Crippen molar-refractivity contribution >= 4 is 29.1 Å². The van der Waals surface area contributed by atoms with Crippen LogP contribution in [0.4, 0.5) is 10.1 Å². The first-order valence-electron chi connectivity index (χ1n) is 8.95. The largest absolute Gasteiger partial charge is 0.349 e. The topological polar surface area (TPSA) is 62.6 Å². The van der Waals surface area contributed by atoms with E-state index in [1.54, 1.807) is 30.3 Å². The van der Waals surface area contributed by atoms with Crippen molar-refractivity contribution in [1.29, 1.82) is 0 Å².